The minimum Gasteiger partial charge on any atom is -0.368 e. The second-order valence-electron chi connectivity index (χ2n) is 6.95. The molecule has 0 spiro atoms. The van der Waals surface area contributed by atoms with Gasteiger partial charge in [0.1, 0.15) is 11.5 Å². The molecule has 1 aromatic heterocycles. The summed E-state index contributed by atoms with van der Waals surface area (Å²) in [6.07, 6.45) is 4.86. The molecule has 5 nitrogen and oxygen atoms in total. The lowest BCUT2D eigenvalue weighted by Gasteiger charge is -2.22. The predicted molar refractivity (Wildman–Crippen MR) is 112 cm³/mol. The molecule has 1 amide bonds. The number of hydrogen-bond acceptors (Lipinski definition) is 4. The van der Waals surface area contributed by atoms with Crippen molar-refractivity contribution < 1.29 is 4.79 Å². The number of anilines is 2. The third-order valence-electron chi connectivity index (χ3n) is 4.93. The van der Waals surface area contributed by atoms with Crippen LogP contribution in [0.15, 0.2) is 60.9 Å². The van der Waals surface area contributed by atoms with E-state index in [1.807, 2.05) is 47.4 Å². The number of halogens is 1. The van der Waals surface area contributed by atoms with Gasteiger partial charge in [-0.05, 0) is 49.1 Å². The van der Waals surface area contributed by atoms with Crippen LogP contribution < -0.4 is 10.2 Å². The van der Waals surface area contributed by atoms with Crippen LogP contribution in [-0.4, -0.2) is 28.5 Å². The highest BCUT2D eigenvalue weighted by molar-refractivity contribution is 6.30. The molecule has 0 radical (unpaired) electrons. The second-order valence-corrected chi connectivity index (χ2v) is 7.38. The molecule has 28 heavy (non-hydrogen) atoms. The monoisotopic (exact) mass is 392 g/mol. The van der Waals surface area contributed by atoms with Crippen molar-refractivity contribution in [3.8, 4) is 0 Å². The Morgan fingerprint density at radius 2 is 1.93 bits per heavy atom. The first-order chi connectivity index (χ1) is 13.6. The summed E-state index contributed by atoms with van der Waals surface area (Å²) in [5, 5.41) is 3.97. The van der Waals surface area contributed by atoms with E-state index in [0.29, 0.717) is 11.5 Å². The molecule has 0 aliphatic carbocycles. The van der Waals surface area contributed by atoms with Crippen LogP contribution in [0, 0.1) is 0 Å². The van der Waals surface area contributed by atoms with Crippen molar-refractivity contribution in [3.63, 3.8) is 0 Å². The van der Waals surface area contributed by atoms with E-state index < -0.39 is 0 Å². The maximum atomic E-state index is 13.0. The number of nitrogens with zero attached hydrogens (tertiary/aromatic N) is 3. The van der Waals surface area contributed by atoms with Crippen molar-refractivity contribution >= 4 is 29.0 Å². The third kappa shape index (κ3) is 3.85. The van der Waals surface area contributed by atoms with E-state index in [-0.39, 0.29) is 11.9 Å². The van der Waals surface area contributed by atoms with Crippen molar-refractivity contribution in [1.29, 1.82) is 0 Å². The molecule has 6 heteroatoms. The smallest absolute Gasteiger partial charge is 0.278 e. The number of hydrogen-bond donors (Lipinski definition) is 1. The molecule has 3 aromatic rings. The molecule has 0 saturated heterocycles. The number of fused-ring (bicyclic) bond motifs is 1. The van der Waals surface area contributed by atoms with E-state index in [2.05, 4.69) is 28.3 Å². The zero-order valence-corrected chi connectivity index (χ0v) is 16.4. The number of benzene rings is 2. The molecule has 142 valence electrons. The van der Waals surface area contributed by atoms with Crippen LogP contribution in [0.2, 0.25) is 5.02 Å². The summed E-state index contributed by atoms with van der Waals surface area (Å²) in [6.45, 7) is 2.78. The maximum absolute atomic E-state index is 13.0. The van der Waals surface area contributed by atoms with Gasteiger partial charge < -0.3 is 10.2 Å². The largest absolute Gasteiger partial charge is 0.368 e. The standard InChI is InChI=1S/C22H21ClN4O/c1-15-12-17-4-2-3-5-20(17)27(15)22(28)19-13-26-21(14-25-19)24-11-10-16-6-8-18(23)9-7-16/h2-9,13-15H,10-12H2,1H3,(H,24,26). The lowest BCUT2D eigenvalue weighted by molar-refractivity contribution is 0.0976. The minimum atomic E-state index is -0.113. The van der Waals surface area contributed by atoms with Gasteiger partial charge in [0.05, 0.1) is 12.4 Å². The second kappa shape index (κ2) is 7.98. The minimum absolute atomic E-state index is 0.113. The first-order valence-electron chi connectivity index (χ1n) is 9.33. The lowest BCUT2D eigenvalue weighted by Crippen LogP contribution is -2.36. The zero-order valence-electron chi connectivity index (χ0n) is 15.6. The summed E-state index contributed by atoms with van der Waals surface area (Å²) >= 11 is 5.90. The number of para-hydroxylation sites is 1. The molecular weight excluding hydrogens is 372 g/mol. The average molecular weight is 393 g/mol. The van der Waals surface area contributed by atoms with Gasteiger partial charge in [0.15, 0.2) is 0 Å². The van der Waals surface area contributed by atoms with E-state index >= 15 is 0 Å². The molecule has 0 saturated carbocycles. The molecule has 0 bridgehead atoms. The van der Waals surface area contributed by atoms with E-state index in [4.69, 9.17) is 11.6 Å². The molecule has 1 aliphatic rings. The van der Waals surface area contributed by atoms with Crippen molar-refractivity contribution in [2.75, 3.05) is 16.8 Å². The van der Waals surface area contributed by atoms with Crippen molar-refractivity contribution in [2.45, 2.75) is 25.8 Å². The number of amides is 1. The normalized spacial score (nSPS) is 15.4. The molecule has 2 aromatic carbocycles. The molecule has 1 aliphatic heterocycles. The third-order valence-corrected chi connectivity index (χ3v) is 5.18. The quantitative estimate of drug-likeness (QED) is 0.700. The van der Waals surface area contributed by atoms with Crippen LogP contribution >= 0.6 is 11.6 Å². The summed E-state index contributed by atoms with van der Waals surface area (Å²) in [5.41, 5.74) is 3.70. The van der Waals surface area contributed by atoms with E-state index in [1.165, 1.54) is 11.1 Å². The molecular formula is C22H21ClN4O. The van der Waals surface area contributed by atoms with Crippen LogP contribution in [-0.2, 0) is 12.8 Å². The van der Waals surface area contributed by atoms with Gasteiger partial charge in [-0.15, -0.1) is 0 Å². The van der Waals surface area contributed by atoms with Crippen molar-refractivity contribution in [2.24, 2.45) is 0 Å². The van der Waals surface area contributed by atoms with Crippen LogP contribution in [0.3, 0.4) is 0 Å². The Hall–Kier alpha value is -2.92. The van der Waals surface area contributed by atoms with Gasteiger partial charge >= 0.3 is 0 Å². The fourth-order valence-corrected chi connectivity index (χ4v) is 3.64. The molecule has 4 rings (SSSR count). The summed E-state index contributed by atoms with van der Waals surface area (Å²) in [6, 6.07) is 15.9. The van der Waals surface area contributed by atoms with Gasteiger partial charge in [-0.3, -0.25) is 4.79 Å². The van der Waals surface area contributed by atoms with E-state index in [1.54, 1.807) is 12.4 Å². The van der Waals surface area contributed by atoms with Crippen LogP contribution in [0.5, 0.6) is 0 Å². The van der Waals surface area contributed by atoms with Gasteiger partial charge in [0.25, 0.3) is 5.91 Å². The number of aromatic nitrogens is 2. The van der Waals surface area contributed by atoms with E-state index in [9.17, 15) is 4.79 Å². The van der Waals surface area contributed by atoms with Gasteiger partial charge in [-0.25, -0.2) is 9.97 Å². The average Bonchev–Trinajstić information content (AvgIpc) is 3.05. The van der Waals surface area contributed by atoms with Crippen LogP contribution in [0.25, 0.3) is 0 Å². The Bertz CT molecular complexity index is 973. The zero-order chi connectivity index (χ0) is 19.5. The summed E-state index contributed by atoms with van der Waals surface area (Å²) < 4.78 is 0. The number of carbonyl (C=O) groups is 1. The Morgan fingerprint density at radius 3 is 2.68 bits per heavy atom. The Kier molecular flexibility index (Phi) is 5.26. The Labute approximate surface area is 169 Å². The SMILES string of the molecule is CC1Cc2ccccc2N1C(=O)c1cnc(NCCc2ccc(Cl)cc2)cn1. The summed E-state index contributed by atoms with van der Waals surface area (Å²) in [7, 11) is 0. The van der Waals surface area contributed by atoms with Gasteiger partial charge in [0, 0.05) is 23.3 Å². The highest BCUT2D eigenvalue weighted by Crippen LogP contribution is 2.32. The predicted octanol–water partition coefficient (Wildman–Crippen LogP) is 4.38. The van der Waals surface area contributed by atoms with E-state index in [0.717, 1.165) is 30.1 Å². The van der Waals surface area contributed by atoms with Crippen LogP contribution in [0.1, 0.15) is 28.5 Å². The highest BCUT2D eigenvalue weighted by Gasteiger charge is 2.31. The Morgan fingerprint density at radius 1 is 1.14 bits per heavy atom. The number of carbonyl (C=O) groups excluding carboxylic acids is 1. The molecule has 1 atom stereocenters. The summed E-state index contributed by atoms with van der Waals surface area (Å²) in [4.78, 5) is 23.5. The Balaban J connectivity index is 1.39. The summed E-state index contributed by atoms with van der Waals surface area (Å²) in [5.74, 6) is 0.540. The topological polar surface area (TPSA) is 58.1 Å². The van der Waals surface area contributed by atoms with Crippen molar-refractivity contribution in [3.05, 3.63) is 82.8 Å². The maximum Gasteiger partial charge on any atom is 0.278 e. The van der Waals surface area contributed by atoms with Gasteiger partial charge in [0.2, 0.25) is 0 Å². The molecule has 2 heterocycles. The fourth-order valence-electron chi connectivity index (χ4n) is 3.51. The lowest BCUT2D eigenvalue weighted by atomic mass is 10.1. The fraction of sp³-hybridized carbons (Fsp3) is 0.227. The first kappa shape index (κ1) is 18.4. The van der Waals surface area contributed by atoms with Gasteiger partial charge in [-0.1, -0.05) is 41.9 Å². The van der Waals surface area contributed by atoms with Crippen LogP contribution in [0.4, 0.5) is 11.5 Å². The molecule has 1 N–H and O–H groups in total. The number of rotatable bonds is 5. The first-order valence-corrected chi connectivity index (χ1v) is 9.71. The highest BCUT2D eigenvalue weighted by atomic mass is 35.5. The van der Waals surface area contributed by atoms with Gasteiger partial charge in [-0.2, -0.15) is 0 Å². The van der Waals surface area contributed by atoms with Crippen molar-refractivity contribution in [1.82, 2.24) is 9.97 Å². The molecule has 0 fully saturated rings. The molecule has 1 unspecified atom stereocenters. The number of nitrogens with one attached hydrogen (secondary N) is 1.